The molecule has 0 aliphatic heterocycles. The van der Waals surface area contributed by atoms with E-state index in [0.717, 1.165) is 0 Å². The molecule has 0 amide bonds. The Hall–Kier alpha value is -1.40. The molecular formula is C15H23NO4S. The van der Waals surface area contributed by atoms with Gasteiger partial charge in [-0.15, -0.1) is 0 Å². The van der Waals surface area contributed by atoms with Crippen LogP contribution in [0.1, 0.15) is 38.1 Å². The lowest BCUT2D eigenvalue weighted by molar-refractivity contribution is 0.0596. The van der Waals surface area contributed by atoms with E-state index in [1.807, 2.05) is 27.7 Å². The highest BCUT2D eigenvalue weighted by molar-refractivity contribution is 7.89. The third-order valence-corrected chi connectivity index (χ3v) is 5.32. The Morgan fingerprint density at radius 2 is 1.86 bits per heavy atom. The van der Waals surface area contributed by atoms with Crippen LogP contribution in [-0.4, -0.2) is 28.0 Å². The molecule has 6 heteroatoms. The quantitative estimate of drug-likeness (QED) is 0.819. The van der Waals surface area contributed by atoms with Crippen molar-refractivity contribution in [3.05, 3.63) is 29.8 Å². The maximum absolute atomic E-state index is 12.4. The monoisotopic (exact) mass is 313 g/mol. The van der Waals surface area contributed by atoms with E-state index in [1.165, 1.54) is 19.2 Å². The fourth-order valence-electron chi connectivity index (χ4n) is 1.54. The van der Waals surface area contributed by atoms with E-state index < -0.39 is 16.0 Å². The first-order chi connectivity index (χ1) is 9.62. The van der Waals surface area contributed by atoms with E-state index in [9.17, 15) is 13.2 Å². The van der Waals surface area contributed by atoms with Crippen LogP contribution in [0.15, 0.2) is 29.2 Å². The number of hydrogen-bond donors (Lipinski definition) is 1. The number of carbonyl (C=O) groups is 1. The zero-order valence-corrected chi connectivity index (χ0v) is 14.0. The largest absolute Gasteiger partial charge is 0.465 e. The minimum Gasteiger partial charge on any atom is -0.465 e. The van der Waals surface area contributed by atoms with Crippen molar-refractivity contribution < 1.29 is 17.9 Å². The lowest BCUT2D eigenvalue weighted by Gasteiger charge is -2.29. The van der Waals surface area contributed by atoms with Crippen LogP contribution in [0.2, 0.25) is 0 Å². The van der Waals surface area contributed by atoms with Crippen LogP contribution < -0.4 is 4.72 Å². The summed E-state index contributed by atoms with van der Waals surface area (Å²) in [6.45, 7) is 8.36. The van der Waals surface area contributed by atoms with Gasteiger partial charge >= 0.3 is 5.97 Å². The minimum absolute atomic E-state index is 0.0369. The average Bonchev–Trinajstić information content (AvgIpc) is 2.44. The number of esters is 1. The molecule has 0 radical (unpaired) electrons. The van der Waals surface area contributed by atoms with Crippen molar-refractivity contribution in [1.29, 1.82) is 0 Å². The summed E-state index contributed by atoms with van der Waals surface area (Å²) in [4.78, 5) is 11.6. The van der Waals surface area contributed by atoms with Gasteiger partial charge in [0.15, 0.2) is 0 Å². The predicted octanol–water partition coefficient (Wildman–Crippen LogP) is 2.43. The van der Waals surface area contributed by atoms with Gasteiger partial charge in [0, 0.05) is 6.54 Å². The maximum Gasteiger partial charge on any atom is 0.339 e. The highest BCUT2D eigenvalue weighted by atomic mass is 32.2. The minimum atomic E-state index is -3.76. The second-order valence-corrected chi connectivity index (χ2v) is 7.69. The molecule has 0 aliphatic carbocycles. The Labute approximate surface area is 126 Å². The molecule has 1 N–H and O–H groups in total. The van der Waals surface area contributed by atoms with E-state index in [0.29, 0.717) is 12.5 Å². The molecule has 1 rings (SSSR count). The SMILES string of the molecule is COC(=O)c1ccccc1S(=O)(=O)NCC(C)(C)C(C)C. The second-order valence-electron chi connectivity index (χ2n) is 5.96. The zero-order valence-electron chi connectivity index (χ0n) is 13.1. The van der Waals surface area contributed by atoms with Crippen molar-refractivity contribution in [1.82, 2.24) is 4.72 Å². The Morgan fingerprint density at radius 3 is 2.38 bits per heavy atom. The summed E-state index contributed by atoms with van der Waals surface area (Å²) in [5.74, 6) is -0.352. The Balaban J connectivity index is 3.07. The van der Waals surface area contributed by atoms with E-state index >= 15 is 0 Å². The number of hydrogen-bond acceptors (Lipinski definition) is 4. The van der Waals surface area contributed by atoms with Crippen molar-refractivity contribution in [2.75, 3.05) is 13.7 Å². The second kappa shape index (κ2) is 6.58. The van der Waals surface area contributed by atoms with Gasteiger partial charge in [0.05, 0.1) is 17.6 Å². The van der Waals surface area contributed by atoms with Crippen LogP contribution >= 0.6 is 0 Å². The molecule has 0 unspecified atom stereocenters. The van der Waals surface area contributed by atoms with Gasteiger partial charge in [-0.25, -0.2) is 17.9 Å². The molecule has 1 aromatic carbocycles. The molecule has 0 atom stereocenters. The lowest BCUT2D eigenvalue weighted by Crippen LogP contribution is -2.37. The molecule has 0 fully saturated rings. The molecule has 0 saturated carbocycles. The molecule has 0 saturated heterocycles. The first kappa shape index (κ1) is 17.7. The van der Waals surface area contributed by atoms with Crippen LogP contribution in [-0.2, 0) is 14.8 Å². The standard InChI is InChI=1S/C15H23NO4S/c1-11(2)15(3,4)10-16-21(18,19)13-9-7-6-8-12(13)14(17)20-5/h6-9,11,16H,10H2,1-5H3. The molecular weight excluding hydrogens is 290 g/mol. The summed E-state index contributed by atoms with van der Waals surface area (Å²) in [6, 6.07) is 6.02. The van der Waals surface area contributed by atoms with Gasteiger partial charge in [-0.05, 0) is 23.5 Å². The molecule has 1 aromatic rings. The normalized spacial score (nSPS) is 12.5. The number of carbonyl (C=O) groups excluding carboxylic acids is 1. The van der Waals surface area contributed by atoms with E-state index in [4.69, 9.17) is 0 Å². The summed E-state index contributed by atoms with van der Waals surface area (Å²) in [6.07, 6.45) is 0. The molecule has 0 spiro atoms. The van der Waals surface area contributed by atoms with Crippen LogP contribution in [0, 0.1) is 11.3 Å². The maximum atomic E-state index is 12.4. The summed E-state index contributed by atoms with van der Waals surface area (Å²) < 4.78 is 32.1. The summed E-state index contributed by atoms with van der Waals surface area (Å²) in [5.41, 5.74) is -0.150. The number of methoxy groups -OCH3 is 1. The van der Waals surface area contributed by atoms with Crippen LogP contribution in [0.3, 0.4) is 0 Å². The van der Waals surface area contributed by atoms with Gasteiger partial charge in [-0.2, -0.15) is 0 Å². The number of ether oxygens (including phenoxy) is 1. The summed E-state index contributed by atoms with van der Waals surface area (Å²) >= 11 is 0. The molecule has 0 heterocycles. The smallest absolute Gasteiger partial charge is 0.339 e. The van der Waals surface area contributed by atoms with Gasteiger partial charge in [-0.1, -0.05) is 39.8 Å². The average molecular weight is 313 g/mol. The highest BCUT2D eigenvalue weighted by Crippen LogP contribution is 2.26. The third-order valence-electron chi connectivity index (χ3n) is 3.86. The Morgan fingerprint density at radius 1 is 1.29 bits per heavy atom. The van der Waals surface area contributed by atoms with Crippen LogP contribution in [0.5, 0.6) is 0 Å². The van der Waals surface area contributed by atoms with Crippen molar-refractivity contribution in [3.63, 3.8) is 0 Å². The third kappa shape index (κ3) is 4.28. The summed E-state index contributed by atoms with van der Waals surface area (Å²) in [7, 11) is -2.54. The number of benzene rings is 1. The molecule has 0 aromatic heterocycles. The molecule has 118 valence electrons. The lowest BCUT2D eigenvalue weighted by atomic mass is 9.81. The molecule has 0 aliphatic rings. The van der Waals surface area contributed by atoms with Crippen LogP contribution in [0.4, 0.5) is 0 Å². The highest BCUT2D eigenvalue weighted by Gasteiger charge is 2.27. The van der Waals surface area contributed by atoms with Crippen molar-refractivity contribution in [3.8, 4) is 0 Å². The van der Waals surface area contributed by atoms with Crippen LogP contribution in [0.25, 0.3) is 0 Å². The van der Waals surface area contributed by atoms with Gasteiger partial charge < -0.3 is 4.74 Å². The molecule has 0 bridgehead atoms. The Kier molecular flexibility index (Phi) is 5.53. The van der Waals surface area contributed by atoms with Gasteiger partial charge in [0.25, 0.3) is 0 Å². The number of sulfonamides is 1. The molecule has 5 nitrogen and oxygen atoms in total. The van der Waals surface area contributed by atoms with Crippen molar-refractivity contribution in [2.45, 2.75) is 32.6 Å². The van der Waals surface area contributed by atoms with E-state index in [-0.39, 0.29) is 15.9 Å². The van der Waals surface area contributed by atoms with Crippen molar-refractivity contribution in [2.24, 2.45) is 11.3 Å². The number of nitrogens with one attached hydrogen (secondary N) is 1. The molecule has 21 heavy (non-hydrogen) atoms. The van der Waals surface area contributed by atoms with Gasteiger partial charge in [0.1, 0.15) is 0 Å². The van der Waals surface area contributed by atoms with E-state index in [1.54, 1.807) is 12.1 Å². The number of rotatable bonds is 6. The first-order valence-electron chi connectivity index (χ1n) is 6.79. The predicted molar refractivity (Wildman–Crippen MR) is 81.6 cm³/mol. The summed E-state index contributed by atoms with van der Waals surface area (Å²) in [5, 5.41) is 0. The van der Waals surface area contributed by atoms with Crippen molar-refractivity contribution >= 4 is 16.0 Å². The first-order valence-corrected chi connectivity index (χ1v) is 8.27. The fourth-order valence-corrected chi connectivity index (χ4v) is 2.96. The topological polar surface area (TPSA) is 72.5 Å². The fraction of sp³-hybridized carbons (Fsp3) is 0.533. The van der Waals surface area contributed by atoms with Gasteiger partial charge in [-0.3, -0.25) is 0 Å². The zero-order chi connectivity index (χ0) is 16.3. The van der Waals surface area contributed by atoms with E-state index in [2.05, 4.69) is 9.46 Å². The van der Waals surface area contributed by atoms with Gasteiger partial charge in [0.2, 0.25) is 10.0 Å². The Bertz CT molecular complexity index is 606.